The fourth-order valence-electron chi connectivity index (χ4n) is 2.60. The van der Waals surface area contributed by atoms with E-state index in [4.69, 9.17) is 10.7 Å². The van der Waals surface area contributed by atoms with Crippen molar-refractivity contribution in [3.8, 4) is 5.69 Å². The van der Waals surface area contributed by atoms with E-state index in [0.717, 1.165) is 22.8 Å². The van der Waals surface area contributed by atoms with E-state index in [2.05, 4.69) is 6.92 Å². The molecule has 0 bridgehead atoms. The van der Waals surface area contributed by atoms with E-state index in [1.807, 2.05) is 37.3 Å². The van der Waals surface area contributed by atoms with Gasteiger partial charge in [0.1, 0.15) is 5.82 Å². The van der Waals surface area contributed by atoms with Gasteiger partial charge in [-0.3, -0.25) is 9.36 Å². The molecule has 1 aromatic heterocycles. The van der Waals surface area contributed by atoms with Crippen LogP contribution in [-0.2, 0) is 5.75 Å². The van der Waals surface area contributed by atoms with Crippen molar-refractivity contribution in [3.05, 3.63) is 64.2 Å². The van der Waals surface area contributed by atoms with E-state index >= 15 is 0 Å². The van der Waals surface area contributed by atoms with Gasteiger partial charge in [-0.15, -0.1) is 0 Å². The summed E-state index contributed by atoms with van der Waals surface area (Å²) in [4.78, 5) is 17.8. The summed E-state index contributed by atoms with van der Waals surface area (Å²) in [6.07, 6.45) is 0. The van der Waals surface area contributed by atoms with Crippen molar-refractivity contribution in [3.63, 3.8) is 0 Å². The third kappa shape index (κ3) is 2.97. The van der Waals surface area contributed by atoms with Gasteiger partial charge in [-0.2, -0.15) is 11.8 Å². The van der Waals surface area contributed by atoms with Crippen LogP contribution in [0.15, 0.2) is 47.3 Å². The van der Waals surface area contributed by atoms with Crippen molar-refractivity contribution in [1.29, 1.82) is 0 Å². The highest BCUT2D eigenvalue weighted by Crippen LogP contribution is 2.20. The molecule has 0 spiro atoms. The molecule has 5 heteroatoms. The lowest BCUT2D eigenvalue weighted by molar-refractivity contribution is 0.877. The summed E-state index contributed by atoms with van der Waals surface area (Å²) in [7, 11) is 0. The molecule has 0 fully saturated rings. The zero-order chi connectivity index (χ0) is 16.4. The first kappa shape index (κ1) is 15.6. The smallest absolute Gasteiger partial charge is 0.266 e. The first-order valence-electron chi connectivity index (χ1n) is 7.56. The molecule has 0 aliphatic heterocycles. The molecule has 0 saturated carbocycles. The lowest BCUT2D eigenvalue weighted by Crippen LogP contribution is -2.24. The minimum absolute atomic E-state index is 0.0664. The van der Waals surface area contributed by atoms with E-state index in [1.54, 1.807) is 28.5 Å². The molecule has 118 valence electrons. The number of benzene rings is 2. The van der Waals surface area contributed by atoms with Gasteiger partial charge in [0, 0.05) is 5.69 Å². The lowest BCUT2D eigenvalue weighted by atomic mass is 10.1. The van der Waals surface area contributed by atoms with Crippen LogP contribution in [-0.4, -0.2) is 15.3 Å². The monoisotopic (exact) mass is 325 g/mol. The van der Waals surface area contributed by atoms with Gasteiger partial charge in [0.2, 0.25) is 0 Å². The minimum Gasteiger partial charge on any atom is -0.399 e. The van der Waals surface area contributed by atoms with Crippen LogP contribution in [0, 0.1) is 6.92 Å². The molecule has 0 saturated heterocycles. The molecule has 0 aliphatic carbocycles. The SMILES string of the molecule is CCSCc1nc2ccc(N)cc2c(=O)n1-c1ccccc1C. The quantitative estimate of drug-likeness (QED) is 0.746. The van der Waals surface area contributed by atoms with Crippen LogP contribution in [0.2, 0.25) is 0 Å². The Kier molecular flexibility index (Phi) is 4.39. The summed E-state index contributed by atoms with van der Waals surface area (Å²) >= 11 is 1.75. The molecule has 0 radical (unpaired) electrons. The highest BCUT2D eigenvalue weighted by molar-refractivity contribution is 7.98. The molecule has 0 atom stereocenters. The van der Waals surface area contributed by atoms with Crippen LogP contribution in [0.1, 0.15) is 18.3 Å². The molecule has 3 rings (SSSR count). The van der Waals surface area contributed by atoms with E-state index in [0.29, 0.717) is 22.3 Å². The van der Waals surface area contributed by atoms with Crippen LogP contribution >= 0.6 is 11.8 Å². The number of para-hydroxylation sites is 1. The normalized spacial score (nSPS) is 11.0. The minimum atomic E-state index is -0.0664. The Morgan fingerprint density at radius 2 is 2.00 bits per heavy atom. The molecular weight excluding hydrogens is 306 g/mol. The Bertz CT molecular complexity index is 918. The highest BCUT2D eigenvalue weighted by Gasteiger charge is 2.14. The van der Waals surface area contributed by atoms with Crippen molar-refractivity contribution in [2.75, 3.05) is 11.5 Å². The Hall–Kier alpha value is -2.27. The maximum Gasteiger partial charge on any atom is 0.266 e. The molecule has 23 heavy (non-hydrogen) atoms. The number of nitrogens with zero attached hydrogens (tertiary/aromatic N) is 2. The number of hydrogen-bond acceptors (Lipinski definition) is 4. The number of thioether (sulfide) groups is 1. The number of aryl methyl sites for hydroxylation is 1. The number of aromatic nitrogens is 2. The second kappa shape index (κ2) is 6.46. The van der Waals surface area contributed by atoms with Crippen molar-refractivity contribution < 1.29 is 0 Å². The molecule has 0 amide bonds. The Morgan fingerprint density at radius 3 is 2.74 bits per heavy atom. The number of fused-ring (bicyclic) bond motifs is 1. The predicted octanol–water partition coefficient (Wildman–Crippen LogP) is 3.53. The topological polar surface area (TPSA) is 60.9 Å². The number of rotatable bonds is 4. The van der Waals surface area contributed by atoms with Crippen molar-refractivity contribution >= 4 is 28.4 Å². The van der Waals surface area contributed by atoms with Gasteiger partial charge in [-0.1, -0.05) is 25.1 Å². The first-order valence-corrected chi connectivity index (χ1v) is 8.72. The van der Waals surface area contributed by atoms with Gasteiger partial charge in [0.05, 0.1) is 22.3 Å². The molecule has 4 nitrogen and oxygen atoms in total. The maximum atomic E-state index is 13.1. The second-order valence-electron chi connectivity index (χ2n) is 5.37. The van der Waals surface area contributed by atoms with E-state index < -0.39 is 0 Å². The van der Waals surface area contributed by atoms with Gasteiger partial charge < -0.3 is 5.73 Å². The third-order valence-electron chi connectivity index (χ3n) is 3.75. The number of anilines is 1. The number of nitrogen functional groups attached to an aromatic ring is 1. The molecule has 0 aliphatic rings. The van der Waals surface area contributed by atoms with Crippen LogP contribution in [0.4, 0.5) is 5.69 Å². The van der Waals surface area contributed by atoms with Gasteiger partial charge >= 0.3 is 0 Å². The van der Waals surface area contributed by atoms with E-state index in [1.165, 1.54) is 0 Å². The molecule has 2 N–H and O–H groups in total. The van der Waals surface area contributed by atoms with Crippen LogP contribution in [0.3, 0.4) is 0 Å². The van der Waals surface area contributed by atoms with Crippen molar-refractivity contribution in [2.24, 2.45) is 0 Å². The first-order chi connectivity index (χ1) is 11.1. The summed E-state index contributed by atoms with van der Waals surface area (Å²) in [5.74, 6) is 2.44. The number of hydrogen-bond donors (Lipinski definition) is 1. The second-order valence-corrected chi connectivity index (χ2v) is 6.64. The molecule has 0 unspecified atom stereocenters. The van der Waals surface area contributed by atoms with Gasteiger partial charge in [0.25, 0.3) is 5.56 Å². The average Bonchev–Trinajstić information content (AvgIpc) is 2.55. The summed E-state index contributed by atoms with van der Waals surface area (Å²) in [5, 5.41) is 0.554. The largest absolute Gasteiger partial charge is 0.399 e. The molecule has 2 aromatic carbocycles. The van der Waals surface area contributed by atoms with Gasteiger partial charge in [-0.25, -0.2) is 4.98 Å². The van der Waals surface area contributed by atoms with Crippen LogP contribution < -0.4 is 11.3 Å². The summed E-state index contributed by atoms with van der Waals surface area (Å²) in [6, 6.07) is 13.2. The molecule has 3 aromatic rings. The van der Waals surface area contributed by atoms with Gasteiger partial charge in [0.15, 0.2) is 0 Å². The van der Waals surface area contributed by atoms with E-state index in [-0.39, 0.29) is 5.56 Å². The summed E-state index contributed by atoms with van der Waals surface area (Å²) < 4.78 is 1.72. The summed E-state index contributed by atoms with van der Waals surface area (Å²) in [6.45, 7) is 4.10. The average molecular weight is 325 g/mol. The standard InChI is InChI=1S/C18H19N3OS/c1-3-23-11-17-20-15-9-8-13(19)10-14(15)18(22)21(17)16-7-5-4-6-12(16)2/h4-10H,3,11,19H2,1-2H3. The molecule has 1 heterocycles. The molecular formula is C18H19N3OS. The fourth-order valence-corrected chi connectivity index (χ4v) is 3.18. The maximum absolute atomic E-state index is 13.1. The third-order valence-corrected chi connectivity index (χ3v) is 4.62. The van der Waals surface area contributed by atoms with E-state index in [9.17, 15) is 4.79 Å². The van der Waals surface area contributed by atoms with Crippen molar-refractivity contribution in [1.82, 2.24) is 9.55 Å². The summed E-state index contributed by atoms with van der Waals surface area (Å²) in [5.41, 5.74) is 8.97. The lowest BCUT2D eigenvalue weighted by Gasteiger charge is -2.15. The Morgan fingerprint density at radius 1 is 1.22 bits per heavy atom. The zero-order valence-corrected chi connectivity index (χ0v) is 14.1. The van der Waals surface area contributed by atoms with Crippen LogP contribution in [0.25, 0.3) is 16.6 Å². The van der Waals surface area contributed by atoms with Crippen molar-refractivity contribution in [2.45, 2.75) is 19.6 Å². The Labute approximate surface area is 139 Å². The van der Waals surface area contributed by atoms with Crippen LogP contribution in [0.5, 0.6) is 0 Å². The Balaban J connectivity index is 2.34. The fraction of sp³-hybridized carbons (Fsp3) is 0.222. The van der Waals surface area contributed by atoms with Gasteiger partial charge in [-0.05, 0) is 42.5 Å². The number of nitrogens with two attached hydrogens (primary N) is 1. The highest BCUT2D eigenvalue weighted by atomic mass is 32.2. The zero-order valence-electron chi connectivity index (χ0n) is 13.2. The predicted molar refractivity (Wildman–Crippen MR) is 98.3 cm³/mol.